The molecule has 2 aromatic rings. The number of primary amides is 1. The molecule has 0 spiro atoms. The van der Waals surface area contributed by atoms with Gasteiger partial charge in [0.15, 0.2) is 0 Å². The van der Waals surface area contributed by atoms with Gasteiger partial charge < -0.3 is 11.1 Å². The monoisotopic (exact) mass is 287 g/mol. The highest BCUT2D eigenvalue weighted by Gasteiger charge is 2.14. The number of aromatic amines is 1. The third kappa shape index (κ3) is 3.88. The van der Waals surface area contributed by atoms with E-state index in [9.17, 15) is 9.59 Å². The molecule has 0 fully saturated rings. The van der Waals surface area contributed by atoms with Gasteiger partial charge in [0, 0.05) is 11.6 Å². The molecule has 110 valence electrons. The van der Waals surface area contributed by atoms with Crippen LogP contribution in [0.4, 0.5) is 5.69 Å². The number of H-pyrrole nitrogens is 1. The first-order valence-corrected chi connectivity index (χ1v) is 6.56. The molecule has 0 saturated carbocycles. The molecule has 0 saturated heterocycles. The van der Waals surface area contributed by atoms with Crippen molar-refractivity contribution < 1.29 is 9.59 Å². The Balaban J connectivity index is 2.03. The number of nitrogens with two attached hydrogens (primary N) is 1. The number of aromatic nitrogens is 3. The first kappa shape index (κ1) is 14.7. The Labute approximate surface area is 122 Å². The summed E-state index contributed by atoms with van der Waals surface area (Å²) >= 11 is 0. The molecule has 0 aliphatic carbocycles. The number of hydrogen-bond donors (Lipinski definition) is 3. The predicted molar refractivity (Wildman–Crippen MR) is 77.8 cm³/mol. The van der Waals surface area contributed by atoms with E-state index in [1.54, 1.807) is 24.3 Å². The molecule has 0 bridgehead atoms. The highest BCUT2D eigenvalue weighted by Crippen LogP contribution is 2.12. The zero-order valence-electron chi connectivity index (χ0n) is 11.9. The Hall–Kier alpha value is -2.70. The van der Waals surface area contributed by atoms with Gasteiger partial charge in [-0.25, -0.2) is 4.98 Å². The molecule has 4 N–H and O–H groups in total. The van der Waals surface area contributed by atoms with Crippen molar-refractivity contribution in [2.75, 3.05) is 5.32 Å². The van der Waals surface area contributed by atoms with Crippen molar-refractivity contribution in [3.8, 4) is 0 Å². The van der Waals surface area contributed by atoms with Crippen LogP contribution >= 0.6 is 0 Å². The van der Waals surface area contributed by atoms with Crippen LogP contribution in [0.25, 0.3) is 0 Å². The molecule has 0 atom stereocenters. The van der Waals surface area contributed by atoms with Crippen molar-refractivity contribution in [1.82, 2.24) is 15.2 Å². The third-order valence-electron chi connectivity index (χ3n) is 2.84. The van der Waals surface area contributed by atoms with Crippen molar-refractivity contribution in [2.45, 2.75) is 26.2 Å². The van der Waals surface area contributed by atoms with Crippen molar-refractivity contribution in [3.63, 3.8) is 0 Å². The summed E-state index contributed by atoms with van der Waals surface area (Å²) in [6, 6.07) is 6.87. The van der Waals surface area contributed by atoms with E-state index < -0.39 is 5.91 Å². The van der Waals surface area contributed by atoms with Gasteiger partial charge in [0.1, 0.15) is 5.82 Å². The average Bonchev–Trinajstić information content (AvgIpc) is 2.90. The molecule has 0 aliphatic rings. The lowest BCUT2D eigenvalue weighted by Gasteiger charge is -2.04. The van der Waals surface area contributed by atoms with Gasteiger partial charge in [-0.2, -0.15) is 0 Å². The van der Waals surface area contributed by atoms with Crippen LogP contribution in [0.5, 0.6) is 0 Å². The molecule has 0 unspecified atom stereocenters. The Morgan fingerprint density at radius 1 is 1.29 bits per heavy atom. The van der Waals surface area contributed by atoms with Crippen LogP contribution in [0.15, 0.2) is 24.3 Å². The molecule has 7 nitrogen and oxygen atoms in total. The fraction of sp³-hybridized carbons (Fsp3) is 0.286. The standard InChI is InChI=1S/C14H17N5O2/c1-8(2)12-17-13(19-18-12)14(21)16-10-5-3-9(4-6-10)7-11(15)20/h3-6,8H,7H2,1-2H3,(H2,15,20)(H,16,21)(H,17,18,19). The van der Waals surface area contributed by atoms with Gasteiger partial charge in [-0.05, 0) is 17.7 Å². The van der Waals surface area contributed by atoms with Crippen LogP contribution in [0, 0.1) is 0 Å². The number of benzene rings is 1. The van der Waals surface area contributed by atoms with E-state index in [0.717, 1.165) is 5.56 Å². The van der Waals surface area contributed by atoms with E-state index in [1.165, 1.54) is 0 Å². The fourth-order valence-electron chi connectivity index (χ4n) is 1.73. The quantitative estimate of drug-likeness (QED) is 0.766. The smallest absolute Gasteiger partial charge is 0.295 e. The van der Waals surface area contributed by atoms with Crippen molar-refractivity contribution in [2.24, 2.45) is 5.73 Å². The van der Waals surface area contributed by atoms with E-state index in [0.29, 0.717) is 11.5 Å². The molecule has 1 heterocycles. The molecule has 21 heavy (non-hydrogen) atoms. The van der Waals surface area contributed by atoms with Crippen molar-refractivity contribution >= 4 is 17.5 Å². The Morgan fingerprint density at radius 2 is 1.95 bits per heavy atom. The maximum Gasteiger partial charge on any atom is 0.295 e. The zero-order valence-corrected chi connectivity index (χ0v) is 11.9. The summed E-state index contributed by atoms with van der Waals surface area (Å²) in [5, 5.41) is 9.30. The average molecular weight is 287 g/mol. The number of nitrogens with zero attached hydrogens (tertiary/aromatic N) is 2. The number of hydrogen-bond acceptors (Lipinski definition) is 4. The zero-order chi connectivity index (χ0) is 15.4. The molecular formula is C14H17N5O2. The molecule has 2 amide bonds. The summed E-state index contributed by atoms with van der Waals surface area (Å²) < 4.78 is 0. The molecular weight excluding hydrogens is 270 g/mol. The predicted octanol–water partition coefficient (Wildman–Crippen LogP) is 1.21. The lowest BCUT2D eigenvalue weighted by Crippen LogP contribution is -2.15. The number of carbonyl (C=O) groups is 2. The first-order valence-electron chi connectivity index (χ1n) is 6.56. The Kier molecular flexibility index (Phi) is 4.32. The minimum Gasteiger partial charge on any atom is -0.369 e. The largest absolute Gasteiger partial charge is 0.369 e. The highest BCUT2D eigenvalue weighted by molar-refractivity contribution is 6.01. The van der Waals surface area contributed by atoms with Gasteiger partial charge in [-0.1, -0.05) is 26.0 Å². The molecule has 7 heteroatoms. The molecule has 0 aliphatic heterocycles. The Morgan fingerprint density at radius 3 is 2.48 bits per heavy atom. The number of anilines is 1. The topological polar surface area (TPSA) is 114 Å². The SMILES string of the molecule is CC(C)c1nc(C(=O)Nc2ccc(CC(N)=O)cc2)n[nH]1. The van der Waals surface area contributed by atoms with Gasteiger partial charge >= 0.3 is 0 Å². The number of amides is 2. The van der Waals surface area contributed by atoms with E-state index >= 15 is 0 Å². The summed E-state index contributed by atoms with van der Waals surface area (Å²) in [7, 11) is 0. The van der Waals surface area contributed by atoms with E-state index in [4.69, 9.17) is 5.73 Å². The molecule has 0 radical (unpaired) electrons. The molecule has 1 aromatic carbocycles. The van der Waals surface area contributed by atoms with Gasteiger partial charge in [-0.15, -0.1) is 5.10 Å². The normalized spacial score (nSPS) is 10.6. The lowest BCUT2D eigenvalue weighted by atomic mass is 10.1. The maximum absolute atomic E-state index is 12.0. The van der Waals surface area contributed by atoms with Crippen molar-refractivity contribution in [3.05, 3.63) is 41.5 Å². The number of carbonyl (C=O) groups excluding carboxylic acids is 2. The van der Waals surface area contributed by atoms with E-state index in [1.807, 2.05) is 13.8 Å². The van der Waals surface area contributed by atoms with Crippen LogP contribution in [0.3, 0.4) is 0 Å². The van der Waals surface area contributed by atoms with Gasteiger partial charge in [-0.3, -0.25) is 14.7 Å². The van der Waals surface area contributed by atoms with E-state index in [2.05, 4.69) is 20.5 Å². The molecule has 2 rings (SSSR count). The minimum atomic E-state index is -0.395. The van der Waals surface area contributed by atoms with Gasteiger partial charge in [0.05, 0.1) is 6.42 Å². The van der Waals surface area contributed by atoms with Crippen LogP contribution in [0.2, 0.25) is 0 Å². The first-order chi connectivity index (χ1) is 9.95. The third-order valence-corrected chi connectivity index (χ3v) is 2.84. The summed E-state index contributed by atoms with van der Waals surface area (Å²) in [6.07, 6.45) is 0.174. The van der Waals surface area contributed by atoms with Crippen LogP contribution in [-0.2, 0) is 11.2 Å². The summed E-state index contributed by atoms with van der Waals surface area (Å²) in [5.41, 5.74) is 6.51. The fourth-order valence-corrected chi connectivity index (χ4v) is 1.73. The molecule has 1 aromatic heterocycles. The summed E-state index contributed by atoms with van der Waals surface area (Å²) in [6.45, 7) is 3.92. The van der Waals surface area contributed by atoms with Crippen LogP contribution < -0.4 is 11.1 Å². The lowest BCUT2D eigenvalue weighted by molar-refractivity contribution is -0.117. The number of rotatable bonds is 5. The summed E-state index contributed by atoms with van der Waals surface area (Å²) in [4.78, 5) is 26.9. The second-order valence-electron chi connectivity index (χ2n) is 4.99. The second kappa shape index (κ2) is 6.17. The highest BCUT2D eigenvalue weighted by atomic mass is 16.2. The number of nitrogens with one attached hydrogen (secondary N) is 2. The van der Waals surface area contributed by atoms with Crippen LogP contribution in [0.1, 0.15) is 41.8 Å². The van der Waals surface area contributed by atoms with E-state index in [-0.39, 0.29) is 24.1 Å². The maximum atomic E-state index is 12.0. The second-order valence-corrected chi connectivity index (χ2v) is 4.99. The van der Waals surface area contributed by atoms with Gasteiger partial charge in [0.2, 0.25) is 11.7 Å². The minimum absolute atomic E-state index is 0.0971. The van der Waals surface area contributed by atoms with Crippen LogP contribution in [-0.4, -0.2) is 27.0 Å². The van der Waals surface area contributed by atoms with Crippen molar-refractivity contribution in [1.29, 1.82) is 0 Å². The Bertz CT molecular complexity index is 646. The summed E-state index contributed by atoms with van der Waals surface area (Å²) in [5.74, 6) is 0.151. The van der Waals surface area contributed by atoms with Gasteiger partial charge in [0.25, 0.3) is 5.91 Å².